The Kier molecular flexibility index (Phi) is 5.82. The minimum absolute atomic E-state index is 0.613. The number of ether oxygens (including phenoxy) is 1. The molecule has 112 valence electrons. The van der Waals surface area contributed by atoms with Gasteiger partial charge in [-0.15, -0.1) is 0 Å². The number of rotatable bonds is 7. The Hall–Kier alpha value is -1.80. The Labute approximate surface area is 128 Å². The van der Waals surface area contributed by atoms with Crippen LogP contribution in [0.15, 0.2) is 48.5 Å². The minimum Gasteiger partial charge on any atom is -0.489 e. The molecule has 0 aliphatic carbocycles. The number of nitrogens with one attached hydrogen (secondary N) is 1. The summed E-state index contributed by atoms with van der Waals surface area (Å²) >= 11 is 0. The van der Waals surface area contributed by atoms with E-state index in [1.165, 1.54) is 16.7 Å². The Morgan fingerprint density at radius 3 is 2.43 bits per heavy atom. The van der Waals surface area contributed by atoms with Gasteiger partial charge in [0.05, 0.1) is 0 Å². The highest BCUT2D eigenvalue weighted by atomic mass is 16.5. The zero-order chi connectivity index (χ0) is 15.1. The average Bonchev–Trinajstić information content (AvgIpc) is 2.47. The zero-order valence-electron chi connectivity index (χ0n) is 13.2. The van der Waals surface area contributed by atoms with Crippen molar-refractivity contribution in [2.75, 3.05) is 6.54 Å². The maximum atomic E-state index is 5.98. The minimum atomic E-state index is 0.613. The SMILES string of the molecule is Cc1ccc(COc2ccccc2CNCC(C)C)cc1. The lowest BCUT2D eigenvalue weighted by Gasteiger charge is -2.13. The summed E-state index contributed by atoms with van der Waals surface area (Å²) in [5, 5.41) is 3.47. The molecule has 0 radical (unpaired) electrons. The summed E-state index contributed by atoms with van der Waals surface area (Å²) in [6.07, 6.45) is 0. The normalized spacial score (nSPS) is 10.9. The molecule has 1 N–H and O–H groups in total. The summed E-state index contributed by atoms with van der Waals surface area (Å²) in [4.78, 5) is 0. The van der Waals surface area contributed by atoms with Crippen LogP contribution < -0.4 is 10.1 Å². The lowest BCUT2D eigenvalue weighted by molar-refractivity contribution is 0.302. The molecule has 2 aromatic carbocycles. The first-order chi connectivity index (χ1) is 10.1. The Morgan fingerprint density at radius 1 is 1.00 bits per heavy atom. The number of benzene rings is 2. The summed E-state index contributed by atoms with van der Waals surface area (Å²) in [5.74, 6) is 1.62. The average molecular weight is 283 g/mol. The highest BCUT2D eigenvalue weighted by Crippen LogP contribution is 2.19. The van der Waals surface area contributed by atoms with Crippen molar-refractivity contribution in [3.8, 4) is 5.75 Å². The lowest BCUT2D eigenvalue weighted by atomic mass is 10.1. The second-order valence-corrected chi connectivity index (χ2v) is 5.91. The predicted octanol–water partition coefficient (Wildman–Crippen LogP) is 4.32. The maximum absolute atomic E-state index is 5.98. The molecule has 0 amide bonds. The van der Waals surface area contributed by atoms with E-state index >= 15 is 0 Å². The lowest BCUT2D eigenvalue weighted by Crippen LogP contribution is -2.19. The highest BCUT2D eigenvalue weighted by molar-refractivity contribution is 5.33. The van der Waals surface area contributed by atoms with Gasteiger partial charge in [-0.3, -0.25) is 0 Å². The van der Waals surface area contributed by atoms with Gasteiger partial charge in [0, 0.05) is 12.1 Å². The molecule has 2 aromatic rings. The van der Waals surface area contributed by atoms with E-state index < -0.39 is 0 Å². The number of para-hydroxylation sites is 1. The standard InChI is InChI=1S/C19H25NO/c1-15(2)12-20-13-18-6-4-5-7-19(18)21-14-17-10-8-16(3)9-11-17/h4-11,15,20H,12-14H2,1-3H3. The summed E-state index contributed by atoms with van der Waals surface area (Å²) < 4.78 is 5.98. The largest absolute Gasteiger partial charge is 0.489 e. The van der Waals surface area contributed by atoms with Crippen molar-refractivity contribution in [3.63, 3.8) is 0 Å². The van der Waals surface area contributed by atoms with Crippen LogP contribution in [0.25, 0.3) is 0 Å². The Bertz CT molecular complexity index is 546. The van der Waals surface area contributed by atoms with Crippen LogP contribution in [0.1, 0.15) is 30.5 Å². The first-order valence-corrected chi connectivity index (χ1v) is 7.62. The van der Waals surface area contributed by atoms with Crippen molar-refractivity contribution < 1.29 is 4.74 Å². The van der Waals surface area contributed by atoms with E-state index in [-0.39, 0.29) is 0 Å². The number of aryl methyl sites for hydroxylation is 1. The molecule has 0 fully saturated rings. The van der Waals surface area contributed by atoms with Crippen LogP contribution in [0.4, 0.5) is 0 Å². The van der Waals surface area contributed by atoms with Crippen molar-refractivity contribution in [1.82, 2.24) is 5.32 Å². The monoisotopic (exact) mass is 283 g/mol. The fourth-order valence-corrected chi connectivity index (χ4v) is 2.13. The summed E-state index contributed by atoms with van der Waals surface area (Å²) in [6.45, 7) is 9.01. The fraction of sp³-hybridized carbons (Fsp3) is 0.368. The van der Waals surface area contributed by atoms with Crippen LogP contribution in [-0.4, -0.2) is 6.54 Å². The van der Waals surface area contributed by atoms with Crippen LogP contribution in [0, 0.1) is 12.8 Å². The van der Waals surface area contributed by atoms with Gasteiger partial charge in [0.1, 0.15) is 12.4 Å². The van der Waals surface area contributed by atoms with Gasteiger partial charge in [0.15, 0.2) is 0 Å². The molecule has 0 heterocycles. The number of hydrogen-bond acceptors (Lipinski definition) is 2. The molecular formula is C19H25NO. The van der Waals surface area contributed by atoms with Crippen LogP contribution in [-0.2, 0) is 13.2 Å². The third kappa shape index (κ3) is 5.24. The molecule has 0 unspecified atom stereocenters. The van der Waals surface area contributed by atoms with E-state index in [1.54, 1.807) is 0 Å². The van der Waals surface area contributed by atoms with Gasteiger partial charge in [-0.05, 0) is 31.0 Å². The van der Waals surface area contributed by atoms with Gasteiger partial charge in [-0.1, -0.05) is 61.9 Å². The maximum Gasteiger partial charge on any atom is 0.124 e. The van der Waals surface area contributed by atoms with Crippen LogP contribution in [0.5, 0.6) is 5.75 Å². The highest BCUT2D eigenvalue weighted by Gasteiger charge is 2.04. The van der Waals surface area contributed by atoms with Crippen LogP contribution in [0.2, 0.25) is 0 Å². The van der Waals surface area contributed by atoms with E-state index in [0.29, 0.717) is 12.5 Å². The van der Waals surface area contributed by atoms with Crippen molar-refractivity contribution >= 4 is 0 Å². The second-order valence-electron chi connectivity index (χ2n) is 5.91. The van der Waals surface area contributed by atoms with E-state index in [4.69, 9.17) is 4.74 Å². The predicted molar refractivity (Wildman–Crippen MR) is 88.5 cm³/mol. The molecule has 2 heteroatoms. The summed E-state index contributed by atoms with van der Waals surface area (Å²) in [7, 11) is 0. The molecule has 0 bridgehead atoms. The van der Waals surface area contributed by atoms with Crippen molar-refractivity contribution in [2.24, 2.45) is 5.92 Å². The molecule has 0 saturated heterocycles. The van der Waals surface area contributed by atoms with Gasteiger partial charge < -0.3 is 10.1 Å². The third-order valence-electron chi connectivity index (χ3n) is 3.36. The van der Waals surface area contributed by atoms with Gasteiger partial charge in [0.25, 0.3) is 0 Å². The van der Waals surface area contributed by atoms with E-state index in [2.05, 4.69) is 62.5 Å². The van der Waals surface area contributed by atoms with Crippen LogP contribution in [0.3, 0.4) is 0 Å². The molecule has 0 aromatic heterocycles. The molecular weight excluding hydrogens is 258 g/mol. The first kappa shape index (κ1) is 15.6. The van der Waals surface area contributed by atoms with Crippen molar-refractivity contribution in [2.45, 2.75) is 33.9 Å². The van der Waals surface area contributed by atoms with Crippen molar-refractivity contribution in [1.29, 1.82) is 0 Å². The van der Waals surface area contributed by atoms with E-state index in [1.807, 2.05) is 12.1 Å². The number of hydrogen-bond donors (Lipinski definition) is 1. The topological polar surface area (TPSA) is 21.3 Å². The molecule has 21 heavy (non-hydrogen) atoms. The van der Waals surface area contributed by atoms with Gasteiger partial charge in [-0.25, -0.2) is 0 Å². The molecule has 0 aliphatic heterocycles. The molecule has 2 rings (SSSR count). The van der Waals surface area contributed by atoms with E-state index in [0.717, 1.165) is 18.8 Å². The zero-order valence-corrected chi connectivity index (χ0v) is 13.2. The fourth-order valence-electron chi connectivity index (χ4n) is 2.13. The summed E-state index contributed by atoms with van der Waals surface area (Å²) in [5.41, 5.74) is 3.69. The molecule has 2 nitrogen and oxygen atoms in total. The first-order valence-electron chi connectivity index (χ1n) is 7.62. The summed E-state index contributed by atoms with van der Waals surface area (Å²) in [6, 6.07) is 16.7. The molecule has 0 aliphatic rings. The Balaban J connectivity index is 1.94. The van der Waals surface area contributed by atoms with Crippen LogP contribution >= 0.6 is 0 Å². The Morgan fingerprint density at radius 2 is 1.71 bits per heavy atom. The quantitative estimate of drug-likeness (QED) is 0.817. The molecule has 0 saturated carbocycles. The second kappa shape index (κ2) is 7.84. The molecule has 0 spiro atoms. The smallest absolute Gasteiger partial charge is 0.124 e. The van der Waals surface area contributed by atoms with E-state index in [9.17, 15) is 0 Å². The molecule has 0 atom stereocenters. The van der Waals surface area contributed by atoms with Gasteiger partial charge >= 0.3 is 0 Å². The van der Waals surface area contributed by atoms with Crippen molar-refractivity contribution in [3.05, 3.63) is 65.2 Å². The van der Waals surface area contributed by atoms with Gasteiger partial charge in [-0.2, -0.15) is 0 Å². The van der Waals surface area contributed by atoms with Gasteiger partial charge in [0.2, 0.25) is 0 Å². The third-order valence-corrected chi connectivity index (χ3v) is 3.36.